The van der Waals surface area contributed by atoms with E-state index in [1.165, 1.54) is 11.1 Å². The van der Waals surface area contributed by atoms with Crippen LogP contribution in [0, 0.1) is 0 Å². The van der Waals surface area contributed by atoms with Crippen LogP contribution in [0.5, 0.6) is 0 Å². The van der Waals surface area contributed by atoms with Crippen LogP contribution in [-0.4, -0.2) is 33.5 Å². The highest BCUT2D eigenvalue weighted by molar-refractivity contribution is 5.69. The number of fused-ring (bicyclic) bond motifs is 3. The highest BCUT2D eigenvalue weighted by Gasteiger charge is 2.46. The van der Waals surface area contributed by atoms with Gasteiger partial charge in [0, 0.05) is 18.6 Å². The molecule has 0 saturated carbocycles. The Morgan fingerprint density at radius 1 is 1.39 bits per heavy atom. The molecule has 2 aliphatic rings. The Kier molecular flexibility index (Phi) is 1.96. The van der Waals surface area contributed by atoms with Gasteiger partial charge in [0.15, 0.2) is 0 Å². The van der Waals surface area contributed by atoms with Crippen molar-refractivity contribution in [2.75, 3.05) is 13.2 Å². The van der Waals surface area contributed by atoms with Crippen molar-refractivity contribution in [3.8, 4) is 11.3 Å². The molecule has 0 unspecified atom stereocenters. The average Bonchev–Trinajstić information content (AvgIpc) is 3.04. The van der Waals surface area contributed by atoms with Crippen LogP contribution in [0.1, 0.15) is 18.0 Å². The summed E-state index contributed by atoms with van der Waals surface area (Å²) in [6.45, 7) is 1.02. The molecule has 4 heteroatoms. The summed E-state index contributed by atoms with van der Waals surface area (Å²) >= 11 is 0. The fourth-order valence-electron chi connectivity index (χ4n) is 3.17. The molecular weight excluding hydrogens is 228 g/mol. The maximum atomic E-state index is 10.8. The highest BCUT2D eigenvalue weighted by Crippen LogP contribution is 2.46. The van der Waals surface area contributed by atoms with Gasteiger partial charge in [0.25, 0.3) is 0 Å². The van der Waals surface area contributed by atoms with E-state index in [0.717, 1.165) is 5.69 Å². The molecule has 4 rings (SSSR count). The summed E-state index contributed by atoms with van der Waals surface area (Å²) in [6.07, 6.45) is 4.33. The Morgan fingerprint density at radius 3 is 3.11 bits per heavy atom. The van der Waals surface area contributed by atoms with Gasteiger partial charge in [0.05, 0.1) is 30.9 Å². The highest BCUT2D eigenvalue weighted by atomic mass is 16.5. The zero-order valence-electron chi connectivity index (χ0n) is 9.91. The Labute approximate surface area is 105 Å². The first-order valence-corrected chi connectivity index (χ1v) is 6.21. The lowest BCUT2D eigenvalue weighted by Gasteiger charge is -2.30. The van der Waals surface area contributed by atoms with Gasteiger partial charge in [-0.05, 0) is 5.56 Å². The van der Waals surface area contributed by atoms with Crippen molar-refractivity contribution >= 4 is 0 Å². The first-order valence-electron chi connectivity index (χ1n) is 6.21. The molecule has 0 amide bonds. The summed E-state index contributed by atoms with van der Waals surface area (Å²) in [5, 5.41) is 10.8. The minimum absolute atomic E-state index is 0.0753. The summed E-state index contributed by atoms with van der Waals surface area (Å²) in [6, 6.07) is 8.14. The van der Waals surface area contributed by atoms with E-state index in [1.807, 2.05) is 18.3 Å². The van der Waals surface area contributed by atoms with Crippen LogP contribution in [0.25, 0.3) is 11.3 Å². The Bertz CT molecular complexity index is 599. The van der Waals surface area contributed by atoms with E-state index in [-0.39, 0.29) is 6.04 Å². The van der Waals surface area contributed by atoms with E-state index in [9.17, 15) is 5.11 Å². The second-order valence-electron chi connectivity index (χ2n) is 5.08. The third-order valence-corrected chi connectivity index (χ3v) is 4.02. The number of aromatic nitrogens is 2. The minimum Gasteiger partial charge on any atom is -0.385 e. The van der Waals surface area contributed by atoms with Crippen molar-refractivity contribution in [2.24, 2.45) is 0 Å². The molecule has 1 aromatic heterocycles. The van der Waals surface area contributed by atoms with Crippen molar-refractivity contribution < 1.29 is 9.84 Å². The third kappa shape index (κ3) is 1.19. The SMILES string of the molecule is O[C@@]1([C@H]2c3ccccc3-c3cncn32)CCOC1. The number of benzene rings is 1. The van der Waals surface area contributed by atoms with Gasteiger partial charge in [-0.15, -0.1) is 0 Å². The van der Waals surface area contributed by atoms with Crippen LogP contribution < -0.4 is 0 Å². The summed E-state index contributed by atoms with van der Waals surface area (Å²) in [5.41, 5.74) is 2.60. The van der Waals surface area contributed by atoms with Gasteiger partial charge in [-0.25, -0.2) is 4.98 Å². The molecule has 0 aliphatic carbocycles. The van der Waals surface area contributed by atoms with Crippen LogP contribution >= 0.6 is 0 Å². The average molecular weight is 242 g/mol. The fraction of sp³-hybridized carbons (Fsp3) is 0.357. The van der Waals surface area contributed by atoms with Crippen LogP contribution in [0.3, 0.4) is 0 Å². The first kappa shape index (κ1) is 10.3. The number of aliphatic hydroxyl groups is 1. The molecule has 4 nitrogen and oxygen atoms in total. The van der Waals surface area contributed by atoms with E-state index in [1.54, 1.807) is 6.33 Å². The largest absolute Gasteiger partial charge is 0.385 e. The van der Waals surface area contributed by atoms with Crippen molar-refractivity contribution in [3.63, 3.8) is 0 Å². The Morgan fingerprint density at radius 2 is 2.28 bits per heavy atom. The molecular formula is C14H14N2O2. The van der Waals surface area contributed by atoms with E-state index in [2.05, 4.69) is 21.7 Å². The zero-order valence-corrected chi connectivity index (χ0v) is 9.91. The molecule has 1 fully saturated rings. The summed E-state index contributed by atoms with van der Waals surface area (Å²) in [7, 11) is 0. The van der Waals surface area contributed by atoms with Crippen molar-refractivity contribution in [1.82, 2.24) is 9.55 Å². The lowest BCUT2D eigenvalue weighted by atomic mass is 9.87. The van der Waals surface area contributed by atoms with Crippen molar-refractivity contribution in [1.29, 1.82) is 0 Å². The molecule has 92 valence electrons. The van der Waals surface area contributed by atoms with Crippen molar-refractivity contribution in [2.45, 2.75) is 18.1 Å². The van der Waals surface area contributed by atoms with Crippen LogP contribution in [0.15, 0.2) is 36.8 Å². The van der Waals surface area contributed by atoms with Gasteiger partial charge in [-0.3, -0.25) is 0 Å². The lowest BCUT2D eigenvalue weighted by Crippen LogP contribution is -2.39. The second kappa shape index (κ2) is 3.43. The molecule has 0 radical (unpaired) electrons. The van der Waals surface area contributed by atoms with Crippen LogP contribution in [0.4, 0.5) is 0 Å². The molecule has 1 N–H and O–H groups in total. The summed E-state index contributed by atoms with van der Waals surface area (Å²) < 4.78 is 7.46. The van der Waals surface area contributed by atoms with Gasteiger partial charge < -0.3 is 14.4 Å². The molecule has 0 spiro atoms. The van der Waals surface area contributed by atoms with Gasteiger partial charge in [0.1, 0.15) is 5.60 Å². The minimum atomic E-state index is -0.817. The molecule has 2 aromatic rings. The van der Waals surface area contributed by atoms with Gasteiger partial charge >= 0.3 is 0 Å². The number of rotatable bonds is 1. The van der Waals surface area contributed by atoms with Crippen molar-refractivity contribution in [3.05, 3.63) is 42.4 Å². The summed E-state index contributed by atoms with van der Waals surface area (Å²) in [5.74, 6) is 0. The van der Waals surface area contributed by atoms with Gasteiger partial charge in [0.2, 0.25) is 0 Å². The molecule has 18 heavy (non-hydrogen) atoms. The Balaban J connectivity index is 1.94. The maximum absolute atomic E-state index is 10.8. The number of ether oxygens (including phenoxy) is 1. The standard InChI is InChI=1S/C14H14N2O2/c17-14(5-6-18-8-14)13-11-4-2-1-3-10(11)12-7-15-9-16(12)13/h1-4,7,9,13,17H,5-6,8H2/t13-,14+/m1/s1. The molecule has 0 bridgehead atoms. The van der Waals surface area contributed by atoms with E-state index in [0.29, 0.717) is 19.6 Å². The predicted octanol–water partition coefficient (Wildman–Crippen LogP) is 1.60. The predicted molar refractivity (Wildman–Crippen MR) is 66.2 cm³/mol. The maximum Gasteiger partial charge on any atom is 0.115 e. The smallest absolute Gasteiger partial charge is 0.115 e. The second-order valence-corrected chi connectivity index (χ2v) is 5.08. The van der Waals surface area contributed by atoms with Gasteiger partial charge in [-0.2, -0.15) is 0 Å². The number of hydrogen-bond acceptors (Lipinski definition) is 3. The normalized spacial score (nSPS) is 29.3. The molecule has 2 aliphatic heterocycles. The van der Waals surface area contributed by atoms with E-state index >= 15 is 0 Å². The number of hydrogen-bond donors (Lipinski definition) is 1. The monoisotopic (exact) mass is 242 g/mol. The van der Waals surface area contributed by atoms with E-state index < -0.39 is 5.60 Å². The van der Waals surface area contributed by atoms with Crippen LogP contribution in [0.2, 0.25) is 0 Å². The fourth-order valence-corrected chi connectivity index (χ4v) is 3.17. The third-order valence-electron chi connectivity index (χ3n) is 4.02. The quantitative estimate of drug-likeness (QED) is 0.826. The topological polar surface area (TPSA) is 47.3 Å². The Hall–Kier alpha value is -1.65. The number of nitrogens with zero attached hydrogens (tertiary/aromatic N) is 2. The van der Waals surface area contributed by atoms with E-state index in [4.69, 9.17) is 4.74 Å². The molecule has 3 heterocycles. The first-order chi connectivity index (χ1) is 8.80. The molecule has 1 saturated heterocycles. The zero-order chi connectivity index (χ0) is 12.2. The van der Waals surface area contributed by atoms with Crippen LogP contribution in [-0.2, 0) is 4.74 Å². The van der Waals surface area contributed by atoms with Gasteiger partial charge in [-0.1, -0.05) is 24.3 Å². The summed E-state index contributed by atoms with van der Waals surface area (Å²) in [4.78, 5) is 4.21. The molecule has 1 aromatic carbocycles. The molecule has 2 atom stereocenters. The lowest BCUT2D eigenvalue weighted by molar-refractivity contribution is -0.00435. The number of imidazole rings is 1.